The molecular formula is C16H20FNO2. The molecule has 0 atom stereocenters. The molecule has 108 valence electrons. The Morgan fingerprint density at radius 2 is 1.80 bits per heavy atom. The van der Waals surface area contributed by atoms with Crippen LogP contribution in [-0.4, -0.2) is 36.1 Å². The molecule has 1 aliphatic heterocycles. The van der Waals surface area contributed by atoms with Gasteiger partial charge in [-0.3, -0.25) is 9.59 Å². The quantitative estimate of drug-likeness (QED) is 0.777. The molecule has 1 aromatic rings. The van der Waals surface area contributed by atoms with E-state index in [4.69, 9.17) is 0 Å². The van der Waals surface area contributed by atoms with Crippen molar-refractivity contribution >= 4 is 11.6 Å². The summed E-state index contributed by atoms with van der Waals surface area (Å²) in [5.41, 5.74) is 0.591. The molecule has 0 bridgehead atoms. The average Bonchev–Trinajstić information content (AvgIpc) is 2.46. The van der Waals surface area contributed by atoms with Crippen molar-refractivity contribution in [1.82, 2.24) is 4.90 Å². The van der Waals surface area contributed by atoms with Crippen LogP contribution in [0, 0.1) is 11.7 Å². The third-order valence-electron chi connectivity index (χ3n) is 3.87. The van der Waals surface area contributed by atoms with Crippen LogP contribution in [0.3, 0.4) is 0 Å². The van der Waals surface area contributed by atoms with Crippen LogP contribution < -0.4 is 0 Å². The predicted octanol–water partition coefficient (Wildman–Crippen LogP) is 2.70. The van der Waals surface area contributed by atoms with Gasteiger partial charge in [0.1, 0.15) is 11.6 Å². The summed E-state index contributed by atoms with van der Waals surface area (Å²) in [6, 6.07) is 5.77. The second-order valence-electron chi connectivity index (χ2n) is 5.44. The van der Waals surface area contributed by atoms with Crippen LogP contribution in [0.2, 0.25) is 0 Å². The summed E-state index contributed by atoms with van der Waals surface area (Å²) in [5.74, 6) is 0.0142. The number of carbonyl (C=O) groups excluding carboxylic acids is 2. The number of likely N-dealkylation sites (tertiary alicyclic amines) is 1. The maximum atomic E-state index is 12.8. The number of hydrogen-bond acceptors (Lipinski definition) is 3. The number of carbonyl (C=O) groups is 2. The van der Waals surface area contributed by atoms with Crippen molar-refractivity contribution < 1.29 is 14.0 Å². The van der Waals surface area contributed by atoms with Crippen molar-refractivity contribution in [3.8, 4) is 0 Å². The number of Topliss-reactive ketones (excluding diaryl/α,β-unsaturated/α-hetero) is 2. The molecule has 3 nitrogen and oxygen atoms in total. The highest BCUT2D eigenvalue weighted by Crippen LogP contribution is 2.22. The van der Waals surface area contributed by atoms with Crippen molar-refractivity contribution in [3.05, 3.63) is 35.6 Å². The highest BCUT2D eigenvalue weighted by molar-refractivity contribution is 5.97. The Morgan fingerprint density at radius 3 is 2.35 bits per heavy atom. The topological polar surface area (TPSA) is 37.4 Å². The van der Waals surface area contributed by atoms with Crippen LogP contribution in [0.4, 0.5) is 4.39 Å². The lowest BCUT2D eigenvalue weighted by Gasteiger charge is -2.31. The zero-order valence-corrected chi connectivity index (χ0v) is 11.8. The van der Waals surface area contributed by atoms with Crippen LogP contribution >= 0.6 is 0 Å². The highest BCUT2D eigenvalue weighted by Gasteiger charge is 2.25. The monoisotopic (exact) mass is 277 g/mol. The predicted molar refractivity (Wildman–Crippen MR) is 75.2 cm³/mol. The summed E-state index contributed by atoms with van der Waals surface area (Å²) in [6.45, 7) is 4.09. The van der Waals surface area contributed by atoms with E-state index in [1.54, 1.807) is 19.1 Å². The molecule has 1 heterocycles. The van der Waals surface area contributed by atoms with Gasteiger partial charge in [0.25, 0.3) is 0 Å². The molecule has 1 aliphatic rings. The van der Waals surface area contributed by atoms with E-state index in [9.17, 15) is 14.0 Å². The molecule has 0 spiro atoms. The van der Waals surface area contributed by atoms with E-state index >= 15 is 0 Å². The molecule has 0 saturated carbocycles. The zero-order chi connectivity index (χ0) is 14.5. The standard InChI is InChI=1S/C16H20FNO2/c1-12(19)6-9-18-10-7-14(8-11-18)16(20)13-2-4-15(17)5-3-13/h2-5,14H,6-11H2,1H3. The van der Waals surface area contributed by atoms with E-state index in [-0.39, 0.29) is 23.3 Å². The fourth-order valence-corrected chi connectivity index (χ4v) is 2.58. The van der Waals surface area contributed by atoms with Gasteiger partial charge in [-0.1, -0.05) is 0 Å². The largest absolute Gasteiger partial charge is 0.303 e. The molecule has 1 aromatic carbocycles. The first kappa shape index (κ1) is 14.9. The molecule has 1 fully saturated rings. The van der Waals surface area contributed by atoms with E-state index in [1.165, 1.54) is 12.1 Å². The van der Waals surface area contributed by atoms with Gasteiger partial charge in [-0.25, -0.2) is 4.39 Å². The Kier molecular flexibility index (Phi) is 5.01. The molecule has 0 unspecified atom stereocenters. The summed E-state index contributed by atoms with van der Waals surface area (Å²) < 4.78 is 12.8. The van der Waals surface area contributed by atoms with Gasteiger partial charge < -0.3 is 4.90 Å². The minimum absolute atomic E-state index is 0.0223. The average molecular weight is 277 g/mol. The summed E-state index contributed by atoms with van der Waals surface area (Å²) in [6.07, 6.45) is 2.21. The Bertz CT molecular complexity index is 476. The summed E-state index contributed by atoms with van der Waals surface area (Å²) in [4.78, 5) is 25.5. The minimum atomic E-state index is -0.319. The fourth-order valence-electron chi connectivity index (χ4n) is 2.58. The molecule has 0 aliphatic carbocycles. The first-order chi connectivity index (χ1) is 9.56. The smallest absolute Gasteiger partial charge is 0.166 e. The third-order valence-corrected chi connectivity index (χ3v) is 3.87. The second-order valence-corrected chi connectivity index (χ2v) is 5.44. The maximum Gasteiger partial charge on any atom is 0.166 e. The lowest BCUT2D eigenvalue weighted by molar-refractivity contribution is -0.117. The first-order valence-corrected chi connectivity index (χ1v) is 7.08. The van der Waals surface area contributed by atoms with Gasteiger partial charge in [0.05, 0.1) is 0 Å². The van der Waals surface area contributed by atoms with E-state index in [2.05, 4.69) is 4.90 Å². The molecular weight excluding hydrogens is 257 g/mol. The minimum Gasteiger partial charge on any atom is -0.303 e. The molecule has 0 aromatic heterocycles. The van der Waals surface area contributed by atoms with Crippen molar-refractivity contribution in [2.75, 3.05) is 19.6 Å². The first-order valence-electron chi connectivity index (χ1n) is 7.08. The van der Waals surface area contributed by atoms with Crippen LogP contribution in [0.1, 0.15) is 36.5 Å². The second kappa shape index (κ2) is 6.75. The Balaban J connectivity index is 1.85. The molecule has 0 amide bonds. The number of rotatable bonds is 5. The number of piperidine rings is 1. The van der Waals surface area contributed by atoms with Crippen molar-refractivity contribution in [1.29, 1.82) is 0 Å². The van der Waals surface area contributed by atoms with Gasteiger partial charge in [0.2, 0.25) is 0 Å². The van der Waals surface area contributed by atoms with Crippen LogP contribution in [-0.2, 0) is 4.79 Å². The van der Waals surface area contributed by atoms with Crippen LogP contribution in [0.5, 0.6) is 0 Å². The number of ketones is 2. The van der Waals surface area contributed by atoms with Gasteiger partial charge in [-0.15, -0.1) is 0 Å². The van der Waals surface area contributed by atoms with E-state index < -0.39 is 0 Å². The van der Waals surface area contributed by atoms with Gasteiger partial charge in [0.15, 0.2) is 5.78 Å². The summed E-state index contributed by atoms with van der Waals surface area (Å²) >= 11 is 0. The lowest BCUT2D eigenvalue weighted by Crippen LogP contribution is -2.37. The van der Waals surface area contributed by atoms with Gasteiger partial charge >= 0.3 is 0 Å². The molecule has 1 saturated heterocycles. The number of benzene rings is 1. The lowest BCUT2D eigenvalue weighted by atomic mass is 9.89. The van der Waals surface area contributed by atoms with Gasteiger partial charge in [0, 0.05) is 24.4 Å². The Labute approximate surface area is 118 Å². The van der Waals surface area contributed by atoms with Gasteiger partial charge in [-0.05, 0) is 57.1 Å². The van der Waals surface area contributed by atoms with Crippen LogP contribution in [0.15, 0.2) is 24.3 Å². The fraction of sp³-hybridized carbons (Fsp3) is 0.500. The normalized spacial score (nSPS) is 17.1. The molecule has 2 rings (SSSR count). The summed E-state index contributed by atoms with van der Waals surface area (Å²) in [5, 5.41) is 0. The van der Waals surface area contributed by atoms with Gasteiger partial charge in [-0.2, -0.15) is 0 Å². The number of hydrogen-bond donors (Lipinski definition) is 0. The highest BCUT2D eigenvalue weighted by atomic mass is 19.1. The Hall–Kier alpha value is -1.55. The molecule has 20 heavy (non-hydrogen) atoms. The van der Waals surface area contributed by atoms with Crippen LogP contribution in [0.25, 0.3) is 0 Å². The molecule has 4 heteroatoms. The Morgan fingerprint density at radius 1 is 1.20 bits per heavy atom. The van der Waals surface area contributed by atoms with Crippen molar-refractivity contribution in [2.24, 2.45) is 5.92 Å². The molecule has 0 N–H and O–H groups in total. The van der Waals surface area contributed by atoms with Crippen molar-refractivity contribution in [2.45, 2.75) is 26.2 Å². The van der Waals surface area contributed by atoms with E-state index in [0.717, 1.165) is 32.5 Å². The summed E-state index contributed by atoms with van der Waals surface area (Å²) in [7, 11) is 0. The molecule has 0 radical (unpaired) electrons. The number of nitrogens with zero attached hydrogens (tertiary/aromatic N) is 1. The van der Waals surface area contributed by atoms with E-state index in [1.807, 2.05) is 0 Å². The zero-order valence-electron chi connectivity index (χ0n) is 11.8. The van der Waals surface area contributed by atoms with E-state index in [0.29, 0.717) is 12.0 Å². The maximum absolute atomic E-state index is 12.8. The third kappa shape index (κ3) is 3.97. The van der Waals surface area contributed by atoms with Crippen molar-refractivity contribution in [3.63, 3.8) is 0 Å². The number of halogens is 1. The SMILES string of the molecule is CC(=O)CCN1CCC(C(=O)c2ccc(F)cc2)CC1.